The molecule has 3 aromatic rings. The van der Waals surface area contributed by atoms with Gasteiger partial charge in [0.2, 0.25) is 0 Å². The molecule has 0 unspecified atom stereocenters. The smallest absolute Gasteiger partial charge is 0.348 e. The van der Waals surface area contributed by atoms with Gasteiger partial charge in [0.05, 0.1) is 0 Å². The molecular formula is C16H14O5S2. The zero-order valence-electron chi connectivity index (χ0n) is 12.3. The summed E-state index contributed by atoms with van der Waals surface area (Å²) in [4.78, 5) is 11.6. The molecule has 5 nitrogen and oxygen atoms in total. The van der Waals surface area contributed by atoms with Crippen LogP contribution in [0.5, 0.6) is 5.75 Å². The number of hydrogen-bond acceptors (Lipinski definition) is 6. The van der Waals surface area contributed by atoms with Gasteiger partial charge >= 0.3 is 15.7 Å². The zero-order valence-corrected chi connectivity index (χ0v) is 13.9. The maximum atomic E-state index is 12.1. The van der Waals surface area contributed by atoms with Crippen LogP contribution in [0.4, 0.5) is 0 Å². The molecule has 0 spiro atoms. The summed E-state index contributed by atoms with van der Waals surface area (Å²) >= 11 is 1.08. The van der Waals surface area contributed by atoms with E-state index in [1.807, 2.05) is 6.92 Å². The molecule has 2 aromatic heterocycles. The molecule has 0 aliphatic carbocycles. The molecule has 23 heavy (non-hydrogen) atoms. The van der Waals surface area contributed by atoms with Crippen LogP contribution in [0.25, 0.3) is 11.0 Å². The second kappa shape index (κ2) is 6.17. The van der Waals surface area contributed by atoms with E-state index in [0.717, 1.165) is 35.1 Å². The number of aryl methyl sites for hydroxylation is 1. The van der Waals surface area contributed by atoms with Gasteiger partial charge < -0.3 is 8.60 Å². The number of fused-ring (bicyclic) bond motifs is 1. The standard InChI is InChI=1S/C16H14O5S2/c1-2-4-11-9-15(17)20-14-10-12(6-7-13(11)14)21-23(18,19)16-5-3-8-22-16/h3,5-10H,2,4H2,1H3. The molecule has 7 heteroatoms. The van der Waals surface area contributed by atoms with E-state index < -0.39 is 15.7 Å². The summed E-state index contributed by atoms with van der Waals surface area (Å²) in [5.74, 6) is 0.114. The molecular weight excluding hydrogens is 336 g/mol. The van der Waals surface area contributed by atoms with Crippen molar-refractivity contribution in [2.75, 3.05) is 0 Å². The van der Waals surface area contributed by atoms with Crippen LogP contribution in [0.3, 0.4) is 0 Å². The van der Waals surface area contributed by atoms with Crippen molar-refractivity contribution in [1.29, 1.82) is 0 Å². The van der Waals surface area contributed by atoms with E-state index in [9.17, 15) is 13.2 Å². The van der Waals surface area contributed by atoms with E-state index in [0.29, 0.717) is 5.58 Å². The van der Waals surface area contributed by atoms with Gasteiger partial charge in [-0.15, -0.1) is 11.3 Å². The van der Waals surface area contributed by atoms with Gasteiger partial charge in [-0.05, 0) is 35.6 Å². The van der Waals surface area contributed by atoms with Crippen molar-refractivity contribution in [2.45, 2.75) is 24.0 Å². The third-order valence-electron chi connectivity index (χ3n) is 3.27. The Kier molecular flexibility index (Phi) is 4.23. The lowest BCUT2D eigenvalue weighted by molar-refractivity contribution is 0.487. The predicted molar refractivity (Wildman–Crippen MR) is 88.6 cm³/mol. The molecule has 1 aromatic carbocycles. The summed E-state index contributed by atoms with van der Waals surface area (Å²) in [5.41, 5.74) is 0.741. The van der Waals surface area contributed by atoms with Gasteiger partial charge in [0.25, 0.3) is 0 Å². The van der Waals surface area contributed by atoms with Crippen LogP contribution in [0, 0.1) is 0 Å². The Bertz CT molecular complexity index is 985. The maximum absolute atomic E-state index is 12.1. The second-order valence-corrected chi connectivity index (χ2v) is 7.69. The van der Waals surface area contributed by atoms with E-state index in [1.165, 1.54) is 18.2 Å². The third-order valence-corrected chi connectivity index (χ3v) is 5.87. The summed E-state index contributed by atoms with van der Waals surface area (Å²) in [7, 11) is -3.87. The lowest BCUT2D eigenvalue weighted by Crippen LogP contribution is -2.08. The third kappa shape index (κ3) is 3.30. The van der Waals surface area contributed by atoms with E-state index in [2.05, 4.69) is 0 Å². The van der Waals surface area contributed by atoms with Crippen molar-refractivity contribution in [2.24, 2.45) is 0 Å². The first-order chi connectivity index (χ1) is 11.0. The molecule has 0 fully saturated rings. The lowest BCUT2D eigenvalue weighted by atomic mass is 10.1. The molecule has 0 atom stereocenters. The molecule has 120 valence electrons. The maximum Gasteiger partial charge on any atom is 0.348 e. The van der Waals surface area contributed by atoms with Crippen molar-refractivity contribution < 1.29 is 17.0 Å². The highest BCUT2D eigenvalue weighted by molar-refractivity contribution is 7.89. The van der Waals surface area contributed by atoms with Gasteiger partial charge in [0, 0.05) is 17.5 Å². The SMILES string of the molecule is CCCc1cc(=O)oc2cc(OS(=O)(=O)c3cccs3)ccc12. The Morgan fingerprint density at radius 2 is 2.04 bits per heavy atom. The minimum absolute atomic E-state index is 0.114. The number of thiophene rings is 1. The lowest BCUT2D eigenvalue weighted by Gasteiger charge is -2.08. The number of hydrogen-bond donors (Lipinski definition) is 0. The van der Waals surface area contributed by atoms with E-state index >= 15 is 0 Å². The fourth-order valence-electron chi connectivity index (χ4n) is 2.31. The van der Waals surface area contributed by atoms with Crippen molar-refractivity contribution in [3.8, 4) is 5.75 Å². The first kappa shape index (κ1) is 15.8. The Morgan fingerprint density at radius 1 is 1.22 bits per heavy atom. The zero-order chi connectivity index (χ0) is 16.4. The molecule has 0 bridgehead atoms. The highest BCUT2D eigenvalue weighted by Crippen LogP contribution is 2.27. The number of rotatable bonds is 5. The summed E-state index contributed by atoms with van der Waals surface area (Å²) in [6, 6.07) is 9.28. The fourth-order valence-corrected chi connectivity index (χ4v) is 4.18. The molecule has 3 rings (SSSR count). The van der Waals surface area contributed by atoms with Crippen molar-refractivity contribution >= 4 is 32.4 Å². The first-order valence-electron chi connectivity index (χ1n) is 7.04. The average Bonchev–Trinajstić information content (AvgIpc) is 3.01. The van der Waals surface area contributed by atoms with Crippen LogP contribution >= 0.6 is 11.3 Å². The van der Waals surface area contributed by atoms with Crippen LogP contribution in [0.15, 0.2) is 55.2 Å². The van der Waals surface area contributed by atoms with E-state index in [4.69, 9.17) is 8.60 Å². The van der Waals surface area contributed by atoms with Gasteiger partial charge in [-0.2, -0.15) is 8.42 Å². The molecule has 0 radical (unpaired) electrons. The van der Waals surface area contributed by atoms with Crippen molar-refractivity contribution in [3.05, 3.63) is 57.8 Å². The van der Waals surface area contributed by atoms with Gasteiger partial charge in [0.1, 0.15) is 11.3 Å². The van der Waals surface area contributed by atoms with Crippen molar-refractivity contribution in [3.63, 3.8) is 0 Å². The molecule has 0 saturated carbocycles. The Balaban J connectivity index is 2.02. The van der Waals surface area contributed by atoms with Gasteiger partial charge in [-0.25, -0.2) is 4.79 Å². The molecule has 0 N–H and O–H groups in total. The number of benzene rings is 1. The van der Waals surface area contributed by atoms with Gasteiger partial charge in [-0.3, -0.25) is 0 Å². The fraction of sp³-hybridized carbons (Fsp3) is 0.188. The molecule has 0 aliphatic rings. The molecule has 2 heterocycles. The van der Waals surface area contributed by atoms with Gasteiger partial charge in [0.15, 0.2) is 4.21 Å². The second-order valence-electron chi connectivity index (χ2n) is 4.97. The summed E-state index contributed by atoms with van der Waals surface area (Å²) < 4.78 is 34.7. The summed E-state index contributed by atoms with van der Waals surface area (Å²) in [6.07, 6.45) is 1.64. The average molecular weight is 350 g/mol. The topological polar surface area (TPSA) is 73.6 Å². The van der Waals surface area contributed by atoms with Crippen LogP contribution in [0.2, 0.25) is 0 Å². The highest BCUT2D eigenvalue weighted by Gasteiger charge is 2.18. The summed E-state index contributed by atoms with van der Waals surface area (Å²) in [6.45, 7) is 2.02. The quantitative estimate of drug-likeness (QED) is 0.519. The molecule has 0 saturated heterocycles. The predicted octanol–water partition coefficient (Wildman–Crippen LogP) is 3.57. The first-order valence-corrected chi connectivity index (χ1v) is 9.33. The van der Waals surface area contributed by atoms with E-state index in [-0.39, 0.29) is 9.96 Å². The molecule has 0 amide bonds. The molecule has 0 aliphatic heterocycles. The van der Waals surface area contributed by atoms with Crippen LogP contribution < -0.4 is 9.81 Å². The van der Waals surface area contributed by atoms with Crippen LogP contribution in [-0.2, 0) is 16.5 Å². The van der Waals surface area contributed by atoms with Crippen molar-refractivity contribution in [1.82, 2.24) is 0 Å². The van der Waals surface area contributed by atoms with Gasteiger partial charge in [-0.1, -0.05) is 19.4 Å². The minimum atomic E-state index is -3.87. The largest absolute Gasteiger partial charge is 0.423 e. The monoisotopic (exact) mass is 350 g/mol. The van der Waals surface area contributed by atoms with E-state index in [1.54, 1.807) is 23.6 Å². The summed E-state index contributed by atoms with van der Waals surface area (Å²) in [5, 5.41) is 2.44. The Hall–Kier alpha value is -2.12. The minimum Gasteiger partial charge on any atom is -0.423 e. The normalized spacial score (nSPS) is 11.7. The highest BCUT2D eigenvalue weighted by atomic mass is 32.3. The Morgan fingerprint density at radius 3 is 2.74 bits per heavy atom. The Labute approximate surface area is 137 Å². The van der Waals surface area contributed by atoms with Crippen LogP contribution in [-0.4, -0.2) is 8.42 Å². The van der Waals surface area contributed by atoms with Crippen LogP contribution in [0.1, 0.15) is 18.9 Å².